The number of rotatable bonds is 3. The molecule has 0 N–H and O–H groups in total. The minimum absolute atomic E-state index is 0.121. The number of aryl methyl sites for hydroxylation is 2. The van der Waals surface area contributed by atoms with Gasteiger partial charge in [0, 0.05) is 6.54 Å². The van der Waals surface area contributed by atoms with Crippen molar-refractivity contribution < 1.29 is 26.3 Å². The van der Waals surface area contributed by atoms with Crippen molar-refractivity contribution in [2.24, 2.45) is 0 Å². The molecule has 7 nitrogen and oxygen atoms in total. The molecular weight excluding hydrogens is 354 g/mol. The lowest BCUT2D eigenvalue weighted by Crippen LogP contribution is -2.53. The number of hydrogen-bond acceptors (Lipinski definition) is 6. The number of methoxy groups -OCH3 is 1. The zero-order chi connectivity index (χ0) is 17.7. The summed E-state index contributed by atoms with van der Waals surface area (Å²) in [5, 5.41) is 0. The summed E-state index contributed by atoms with van der Waals surface area (Å²) in [4.78, 5) is 0.186. The third kappa shape index (κ3) is 2.94. The maximum Gasteiger partial charge on any atom is 0.243 e. The Morgan fingerprint density at radius 2 is 1.92 bits per heavy atom. The first-order valence-electron chi connectivity index (χ1n) is 7.65. The Morgan fingerprint density at radius 3 is 2.58 bits per heavy atom. The Hall–Kier alpha value is -1.16. The molecule has 134 valence electrons. The van der Waals surface area contributed by atoms with Crippen LogP contribution in [0.15, 0.2) is 17.0 Å². The molecule has 9 heteroatoms. The normalized spacial score (nSPS) is 27.0. The van der Waals surface area contributed by atoms with E-state index in [1.807, 2.05) is 0 Å². The molecule has 0 radical (unpaired) electrons. The first kappa shape index (κ1) is 17.7. The van der Waals surface area contributed by atoms with Crippen LogP contribution in [0.4, 0.5) is 0 Å². The van der Waals surface area contributed by atoms with Gasteiger partial charge in [-0.15, -0.1) is 0 Å². The minimum Gasteiger partial charge on any atom is -0.496 e. The zero-order valence-electron chi connectivity index (χ0n) is 13.9. The highest BCUT2D eigenvalue weighted by molar-refractivity contribution is 7.92. The molecule has 24 heavy (non-hydrogen) atoms. The van der Waals surface area contributed by atoms with Crippen molar-refractivity contribution in [3.63, 3.8) is 0 Å². The highest BCUT2D eigenvalue weighted by Crippen LogP contribution is 2.33. The first-order chi connectivity index (χ1) is 11.2. The van der Waals surface area contributed by atoms with Crippen LogP contribution in [0, 0.1) is 13.8 Å². The highest BCUT2D eigenvalue weighted by atomic mass is 32.2. The Morgan fingerprint density at radius 1 is 1.21 bits per heavy atom. The molecule has 0 aromatic heterocycles. The third-order valence-corrected chi connectivity index (χ3v) is 8.32. The van der Waals surface area contributed by atoms with Gasteiger partial charge >= 0.3 is 0 Å². The number of hydrogen-bond donors (Lipinski definition) is 0. The molecule has 1 aromatic rings. The number of nitrogens with zero attached hydrogens (tertiary/aromatic N) is 1. The molecule has 0 spiro atoms. The fourth-order valence-corrected chi connectivity index (χ4v) is 7.26. The van der Waals surface area contributed by atoms with Crippen molar-refractivity contribution >= 4 is 19.9 Å². The predicted octanol–water partition coefficient (Wildman–Crippen LogP) is 0.499. The van der Waals surface area contributed by atoms with Crippen LogP contribution in [0.3, 0.4) is 0 Å². The van der Waals surface area contributed by atoms with Gasteiger partial charge in [0.05, 0.1) is 42.3 Å². The molecule has 2 aliphatic heterocycles. The van der Waals surface area contributed by atoms with E-state index in [2.05, 4.69) is 0 Å². The Kier molecular flexibility index (Phi) is 4.40. The van der Waals surface area contributed by atoms with Gasteiger partial charge in [-0.3, -0.25) is 0 Å². The van der Waals surface area contributed by atoms with Gasteiger partial charge in [-0.1, -0.05) is 0 Å². The summed E-state index contributed by atoms with van der Waals surface area (Å²) in [7, 11) is -5.56. The summed E-state index contributed by atoms with van der Waals surface area (Å²) >= 11 is 0. The number of sulfonamides is 1. The lowest BCUT2D eigenvalue weighted by atomic mass is 10.1. The Balaban J connectivity index is 2.03. The fourth-order valence-electron chi connectivity index (χ4n) is 3.37. The summed E-state index contributed by atoms with van der Waals surface area (Å²) in [5.41, 5.74) is 1.28. The third-order valence-electron chi connectivity index (χ3n) is 4.56. The predicted molar refractivity (Wildman–Crippen MR) is 88.5 cm³/mol. The Labute approximate surface area is 142 Å². The van der Waals surface area contributed by atoms with Crippen molar-refractivity contribution in [1.29, 1.82) is 0 Å². The highest BCUT2D eigenvalue weighted by Gasteiger charge is 2.48. The van der Waals surface area contributed by atoms with E-state index in [1.54, 1.807) is 26.0 Å². The molecule has 2 atom stereocenters. The molecule has 0 amide bonds. The van der Waals surface area contributed by atoms with E-state index >= 15 is 0 Å². The van der Waals surface area contributed by atoms with Crippen LogP contribution >= 0.6 is 0 Å². The zero-order valence-corrected chi connectivity index (χ0v) is 15.5. The van der Waals surface area contributed by atoms with Gasteiger partial charge in [0.2, 0.25) is 10.0 Å². The van der Waals surface area contributed by atoms with Gasteiger partial charge in [-0.2, -0.15) is 4.31 Å². The molecule has 1 aromatic carbocycles. The Bertz CT molecular complexity index is 862. The maximum absolute atomic E-state index is 13.1. The number of sulfone groups is 1. The van der Waals surface area contributed by atoms with E-state index in [0.29, 0.717) is 16.9 Å². The summed E-state index contributed by atoms with van der Waals surface area (Å²) in [6.07, 6.45) is -0.585. The van der Waals surface area contributed by atoms with Crippen molar-refractivity contribution in [2.45, 2.75) is 30.9 Å². The van der Waals surface area contributed by atoms with Gasteiger partial charge in [-0.05, 0) is 37.1 Å². The van der Waals surface area contributed by atoms with Crippen LogP contribution in [0.25, 0.3) is 0 Å². The first-order valence-corrected chi connectivity index (χ1v) is 10.9. The second-order valence-corrected chi connectivity index (χ2v) is 10.3. The van der Waals surface area contributed by atoms with Crippen molar-refractivity contribution in [1.82, 2.24) is 4.31 Å². The van der Waals surface area contributed by atoms with E-state index in [-0.39, 0.29) is 29.6 Å². The smallest absolute Gasteiger partial charge is 0.243 e. The largest absolute Gasteiger partial charge is 0.496 e. The van der Waals surface area contributed by atoms with E-state index in [1.165, 1.54) is 11.4 Å². The average Bonchev–Trinajstić information content (AvgIpc) is 2.82. The van der Waals surface area contributed by atoms with E-state index in [4.69, 9.17) is 9.47 Å². The number of morpholine rings is 1. The van der Waals surface area contributed by atoms with Crippen molar-refractivity contribution in [3.05, 3.63) is 23.3 Å². The van der Waals surface area contributed by atoms with Crippen LogP contribution in [0.2, 0.25) is 0 Å². The van der Waals surface area contributed by atoms with Crippen LogP contribution in [-0.2, 0) is 24.6 Å². The number of benzene rings is 1. The van der Waals surface area contributed by atoms with Gasteiger partial charge in [0.15, 0.2) is 9.84 Å². The topological polar surface area (TPSA) is 90.0 Å². The molecule has 2 heterocycles. The SMILES string of the molecule is COc1cc(C)c(S(=O)(=O)N2CCOC3CS(=O)(=O)CC32)cc1C. The average molecular weight is 375 g/mol. The van der Waals surface area contributed by atoms with Crippen molar-refractivity contribution in [2.75, 3.05) is 31.8 Å². The minimum atomic E-state index is -3.81. The van der Waals surface area contributed by atoms with E-state index in [9.17, 15) is 16.8 Å². The van der Waals surface area contributed by atoms with E-state index in [0.717, 1.165) is 0 Å². The molecule has 3 rings (SSSR count). The lowest BCUT2D eigenvalue weighted by Gasteiger charge is -2.35. The maximum atomic E-state index is 13.1. The molecule has 2 aliphatic rings. The molecular formula is C15H21NO6S2. The lowest BCUT2D eigenvalue weighted by molar-refractivity contribution is -0.0141. The standard InChI is InChI=1S/C15H21NO6S2/c1-10-7-15(11(2)6-13(10)21-3)24(19,20)16-4-5-22-14-9-23(17,18)8-12(14)16/h6-7,12,14H,4-5,8-9H2,1-3H3. The van der Waals surface area contributed by atoms with Gasteiger partial charge in [0.25, 0.3) is 0 Å². The second-order valence-electron chi connectivity index (χ2n) is 6.26. The molecule has 2 unspecified atom stereocenters. The summed E-state index contributed by atoms with van der Waals surface area (Å²) in [6.45, 7) is 3.84. The molecule has 2 saturated heterocycles. The van der Waals surface area contributed by atoms with Crippen LogP contribution in [0.1, 0.15) is 11.1 Å². The molecule has 2 fully saturated rings. The summed E-state index contributed by atoms with van der Waals surface area (Å²) in [6, 6.07) is 2.61. The molecule has 0 bridgehead atoms. The van der Waals surface area contributed by atoms with Gasteiger partial charge < -0.3 is 9.47 Å². The number of fused-ring (bicyclic) bond motifs is 1. The van der Waals surface area contributed by atoms with Gasteiger partial charge in [0.1, 0.15) is 5.75 Å². The molecule has 0 aliphatic carbocycles. The van der Waals surface area contributed by atoms with Crippen LogP contribution < -0.4 is 4.74 Å². The van der Waals surface area contributed by atoms with E-state index < -0.39 is 32.0 Å². The number of ether oxygens (including phenoxy) is 2. The second kappa shape index (κ2) is 5.98. The monoisotopic (exact) mass is 375 g/mol. The summed E-state index contributed by atoms with van der Waals surface area (Å²) < 4.78 is 62.1. The van der Waals surface area contributed by atoms with Crippen molar-refractivity contribution in [3.8, 4) is 5.75 Å². The van der Waals surface area contributed by atoms with Gasteiger partial charge in [-0.25, -0.2) is 16.8 Å². The van der Waals surface area contributed by atoms with Crippen LogP contribution in [-0.4, -0.2) is 65.1 Å². The summed E-state index contributed by atoms with van der Waals surface area (Å²) in [5.74, 6) is 0.310. The quantitative estimate of drug-likeness (QED) is 0.764. The van der Waals surface area contributed by atoms with Crippen LogP contribution in [0.5, 0.6) is 5.75 Å². The fraction of sp³-hybridized carbons (Fsp3) is 0.600. The molecule has 0 saturated carbocycles.